The molecule has 0 radical (unpaired) electrons. The van der Waals surface area contributed by atoms with Crippen LogP contribution in [0.1, 0.15) is 29.3 Å². The molecule has 4 heteroatoms. The summed E-state index contributed by atoms with van der Waals surface area (Å²) in [5.41, 5.74) is 3.05. The Morgan fingerprint density at radius 3 is 3.06 bits per heavy atom. The second-order valence-corrected chi connectivity index (χ2v) is 4.74. The predicted octanol–water partition coefficient (Wildman–Crippen LogP) is 2.94. The normalized spacial score (nSPS) is 12.9. The van der Waals surface area contributed by atoms with Gasteiger partial charge in [-0.1, -0.05) is 0 Å². The lowest BCUT2D eigenvalue weighted by molar-refractivity contribution is 0.433. The maximum absolute atomic E-state index is 5.33. The Kier molecular flexibility index (Phi) is 3.74. The van der Waals surface area contributed by atoms with E-state index in [2.05, 4.69) is 24.1 Å². The van der Waals surface area contributed by atoms with Crippen molar-refractivity contribution < 1.29 is 4.42 Å². The number of aromatic nitrogens is 1. The van der Waals surface area contributed by atoms with E-state index in [4.69, 9.17) is 4.42 Å². The van der Waals surface area contributed by atoms with Crippen molar-refractivity contribution in [2.45, 2.75) is 26.3 Å². The van der Waals surface area contributed by atoms with E-state index in [0.717, 1.165) is 24.4 Å². The van der Waals surface area contributed by atoms with Crippen LogP contribution < -0.4 is 5.32 Å². The van der Waals surface area contributed by atoms with E-state index in [1.807, 2.05) is 17.6 Å². The van der Waals surface area contributed by atoms with Gasteiger partial charge in [0.1, 0.15) is 5.76 Å². The molecule has 1 N–H and O–H groups in total. The molecule has 0 spiro atoms. The fourth-order valence-electron chi connectivity index (χ4n) is 1.61. The largest absolute Gasteiger partial charge is 0.468 e. The van der Waals surface area contributed by atoms with Gasteiger partial charge >= 0.3 is 0 Å². The molecule has 3 nitrogen and oxygen atoms in total. The van der Waals surface area contributed by atoms with E-state index >= 15 is 0 Å². The fourth-order valence-corrected chi connectivity index (χ4v) is 2.39. The predicted molar refractivity (Wildman–Crippen MR) is 65.7 cm³/mol. The highest BCUT2D eigenvalue weighted by molar-refractivity contribution is 7.09. The van der Waals surface area contributed by atoms with Crippen LogP contribution in [0.5, 0.6) is 0 Å². The summed E-state index contributed by atoms with van der Waals surface area (Å²) in [4.78, 5) is 5.60. The Balaban J connectivity index is 1.78. The van der Waals surface area contributed by atoms with E-state index in [1.165, 1.54) is 4.88 Å². The van der Waals surface area contributed by atoms with Crippen LogP contribution in [-0.4, -0.2) is 11.5 Å². The number of thiazole rings is 1. The van der Waals surface area contributed by atoms with Crippen LogP contribution in [0.4, 0.5) is 0 Å². The molecular weight excluding hydrogens is 220 g/mol. The number of furan rings is 1. The van der Waals surface area contributed by atoms with Crippen LogP contribution in [-0.2, 0) is 6.42 Å². The summed E-state index contributed by atoms with van der Waals surface area (Å²) in [6.45, 7) is 5.12. The molecule has 0 saturated heterocycles. The van der Waals surface area contributed by atoms with Crippen molar-refractivity contribution in [2.24, 2.45) is 0 Å². The quantitative estimate of drug-likeness (QED) is 0.867. The Labute approximate surface area is 99.5 Å². The maximum atomic E-state index is 5.33. The zero-order valence-corrected chi connectivity index (χ0v) is 10.4. The number of rotatable bonds is 5. The number of nitrogens with one attached hydrogen (secondary N) is 1. The molecule has 0 aliphatic carbocycles. The second kappa shape index (κ2) is 5.27. The smallest absolute Gasteiger partial charge is 0.120 e. The average Bonchev–Trinajstić information content (AvgIpc) is 2.90. The summed E-state index contributed by atoms with van der Waals surface area (Å²) < 4.78 is 5.33. The van der Waals surface area contributed by atoms with Crippen molar-refractivity contribution in [3.63, 3.8) is 0 Å². The van der Waals surface area contributed by atoms with Gasteiger partial charge in [0.25, 0.3) is 0 Å². The highest BCUT2D eigenvalue weighted by Gasteiger charge is 2.07. The third-order valence-corrected chi connectivity index (χ3v) is 3.61. The maximum Gasteiger partial charge on any atom is 0.120 e. The molecule has 0 saturated carbocycles. The monoisotopic (exact) mass is 236 g/mol. The molecule has 16 heavy (non-hydrogen) atoms. The Bertz CT molecular complexity index is 422. The van der Waals surface area contributed by atoms with Crippen LogP contribution in [0.15, 0.2) is 28.3 Å². The van der Waals surface area contributed by atoms with Crippen LogP contribution in [0.25, 0.3) is 0 Å². The van der Waals surface area contributed by atoms with Crippen LogP contribution in [0.3, 0.4) is 0 Å². The highest BCUT2D eigenvalue weighted by atomic mass is 32.1. The summed E-state index contributed by atoms with van der Waals surface area (Å²) in [5, 5.41) is 3.44. The standard InChI is InChI=1S/C12H16N2OS/c1-9(11-4-3-7-15-11)13-6-5-12-10(2)14-8-16-12/h3-4,7-9,13H,5-6H2,1-2H3/t9-/m1/s1. The molecule has 0 fully saturated rings. The van der Waals surface area contributed by atoms with E-state index in [0.29, 0.717) is 0 Å². The number of aryl methyl sites for hydroxylation is 1. The topological polar surface area (TPSA) is 38.1 Å². The molecule has 0 aromatic carbocycles. The molecule has 0 unspecified atom stereocenters. The van der Waals surface area contributed by atoms with E-state index in [1.54, 1.807) is 17.6 Å². The number of hydrogen-bond donors (Lipinski definition) is 1. The van der Waals surface area contributed by atoms with Crippen LogP contribution in [0.2, 0.25) is 0 Å². The third-order valence-electron chi connectivity index (χ3n) is 2.62. The summed E-state index contributed by atoms with van der Waals surface area (Å²) >= 11 is 1.72. The molecule has 2 aromatic heterocycles. The zero-order valence-electron chi connectivity index (χ0n) is 9.56. The van der Waals surface area contributed by atoms with Gasteiger partial charge < -0.3 is 9.73 Å². The van der Waals surface area contributed by atoms with E-state index in [9.17, 15) is 0 Å². The first kappa shape index (κ1) is 11.4. The summed E-state index contributed by atoms with van der Waals surface area (Å²) in [7, 11) is 0. The van der Waals surface area contributed by atoms with Gasteiger partial charge in [-0.3, -0.25) is 0 Å². The summed E-state index contributed by atoms with van der Waals surface area (Å²) in [6.07, 6.45) is 2.74. The molecule has 2 heterocycles. The van der Waals surface area contributed by atoms with Crippen LogP contribution >= 0.6 is 11.3 Å². The van der Waals surface area contributed by atoms with Crippen molar-refractivity contribution >= 4 is 11.3 Å². The Morgan fingerprint density at radius 1 is 1.56 bits per heavy atom. The van der Waals surface area contributed by atoms with E-state index in [-0.39, 0.29) is 6.04 Å². The molecule has 0 aliphatic rings. The first-order valence-corrected chi connectivity index (χ1v) is 6.31. The van der Waals surface area contributed by atoms with Gasteiger partial charge in [0, 0.05) is 11.4 Å². The molecule has 0 amide bonds. The lowest BCUT2D eigenvalue weighted by Gasteiger charge is -2.10. The van der Waals surface area contributed by atoms with Gasteiger partial charge in [-0.05, 0) is 32.4 Å². The molecule has 2 aromatic rings. The number of hydrogen-bond acceptors (Lipinski definition) is 4. The van der Waals surface area contributed by atoms with Crippen molar-refractivity contribution in [3.8, 4) is 0 Å². The summed E-state index contributed by atoms with van der Waals surface area (Å²) in [5.74, 6) is 0.987. The minimum Gasteiger partial charge on any atom is -0.468 e. The molecule has 86 valence electrons. The van der Waals surface area contributed by atoms with Gasteiger partial charge in [0.15, 0.2) is 0 Å². The van der Waals surface area contributed by atoms with Gasteiger partial charge in [0.2, 0.25) is 0 Å². The van der Waals surface area contributed by atoms with Crippen LogP contribution in [0, 0.1) is 6.92 Å². The third kappa shape index (κ3) is 2.71. The van der Waals surface area contributed by atoms with Gasteiger partial charge in [0.05, 0.1) is 23.5 Å². The van der Waals surface area contributed by atoms with Gasteiger partial charge in [-0.25, -0.2) is 4.98 Å². The summed E-state index contributed by atoms with van der Waals surface area (Å²) in [6, 6.07) is 4.18. The van der Waals surface area contributed by atoms with E-state index < -0.39 is 0 Å². The number of nitrogens with zero attached hydrogens (tertiary/aromatic N) is 1. The molecule has 0 aliphatic heterocycles. The molecule has 0 bridgehead atoms. The van der Waals surface area contributed by atoms with Crippen molar-refractivity contribution in [1.29, 1.82) is 0 Å². The second-order valence-electron chi connectivity index (χ2n) is 3.80. The average molecular weight is 236 g/mol. The minimum absolute atomic E-state index is 0.267. The fraction of sp³-hybridized carbons (Fsp3) is 0.417. The van der Waals surface area contributed by atoms with Crippen molar-refractivity contribution in [3.05, 3.63) is 40.2 Å². The van der Waals surface area contributed by atoms with Gasteiger partial charge in [-0.2, -0.15) is 0 Å². The SMILES string of the molecule is Cc1ncsc1CCN[C@H](C)c1ccco1. The minimum atomic E-state index is 0.267. The Hall–Kier alpha value is -1.13. The first-order valence-electron chi connectivity index (χ1n) is 5.43. The molecule has 1 atom stereocenters. The lowest BCUT2D eigenvalue weighted by atomic mass is 10.2. The van der Waals surface area contributed by atoms with Gasteiger partial charge in [-0.15, -0.1) is 11.3 Å². The highest BCUT2D eigenvalue weighted by Crippen LogP contribution is 2.14. The van der Waals surface area contributed by atoms with Crippen molar-refractivity contribution in [2.75, 3.05) is 6.54 Å². The molecular formula is C12H16N2OS. The first-order chi connectivity index (χ1) is 7.77. The molecule has 2 rings (SSSR count). The lowest BCUT2D eigenvalue weighted by Crippen LogP contribution is -2.20. The zero-order chi connectivity index (χ0) is 11.4. The Morgan fingerprint density at radius 2 is 2.44 bits per heavy atom. The van der Waals surface area contributed by atoms with Crippen molar-refractivity contribution in [1.82, 2.24) is 10.3 Å².